The van der Waals surface area contributed by atoms with Crippen LogP contribution in [0.1, 0.15) is 53.4 Å². The molecule has 0 bridgehead atoms. The van der Waals surface area contributed by atoms with Crippen molar-refractivity contribution < 1.29 is 0 Å². The minimum absolute atomic E-state index is 1.10. The predicted octanol–water partition coefficient (Wildman–Crippen LogP) is 5.62. The zero-order chi connectivity index (χ0) is 19.9. The van der Waals surface area contributed by atoms with Crippen molar-refractivity contribution in [3.63, 3.8) is 0 Å². The number of hydrogen-bond donors (Lipinski definition) is 0. The average molecular weight is 397 g/mol. The van der Waals surface area contributed by atoms with E-state index in [1.807, 2.05) is 11.3 Å². The van der Waals surface area contributed by atoms with Crippen LogP contribution in [0.3, 0.4) is 0 Å². The third-order valence-corrected chi connectivity index (χ3v) is 6.15. The predicted molar refractivity (Wildman–Crippen MR) is 125 cm³/mol. The molecule has 28 heavy (non-hydrogen) atoms. The van der Waals surface area contributed by atoms with Crippen LogP contribution in [0, 0.1) is 0 Å². The Hall–Kier alpha value is -1.94. The summed E-state index contributed by atoms with van der Waals surface area (Å²) in [5, 5.41) is 1.32. The second-order valence-electron chi connectivity index (χ2n) is 7.49. The normalized spacial score (nSPS) is 11.3. The molecule has 1 aliphatic carbocycles. The molecule has 1 heterocycles. The maximum atomic E-state index is 4.94. The summed E-state index contributed by atoms with van der Waals surface area (Å²) in [4.78, 5) is 8.71. The molecule has 1 aromatic rings. The van der Waals surface area contributed by atoms with E-state index in [0.29, 0.717) is 0 Å². The molecular formula is C24H34N3S+. The van der Waals surface area contributed by atoms with Crippen molar-refractivity contribution in [2.24, 2.45) is 0 Å². The van der Waals surface area contributed by atoms with E-state index in [1.54, 1.807) is 0 Å². The third-order valence-electron chi connectivity index (χ3n) is 5.05. The highest BCUT2D eigenvalue weighted by atomic mass is 32.1. The number of anilines is 1. The Bertz CT molecular complexity index is 930. The van der Waals surface area contributed by atoms with Gasteiger partial charge in [0.2, 0.25) is 5.36 Å². The summed E-state index contributed by atoms with van der Waals surface area (Å²) >= 11 is 1.87. The van der Waals surface area contributed by atoms with Gasteiger partial charge in [0.1, 0.15) is 13.1 Å². The molecule has 0 N–H and O–H groups in total. The molecule has 0 atom stereocenters. The van der Waals surface area contributed by atoms with Crippen LogP contribution in [-0.2, 0) is 0 Å². The molecule has 0 unspecified atom stereocenters. The van der Waals surface area contributed by atoms with E-state index in [4.69, 9.17) is 4.98 Å². The summed E-state index contributed by atoms with van der Waals surface area (Å²) in [5.74, 6) is 0. The van der Waals surface area contributed by atoms with Crippen LogP contribution in [0.2, 0.25) is 0 Å². The second kappa shape index (κ2) is 10.0. The van der Waals surface area contributed by atoms with Crippen LogP contribution in [0.4, 0.5) is 5.69 Å². The van der Waals surface area contributed by atoms with Gasteiger partial charge in [-0.3, -0.25) is 0 Å². The summed E-state index contributed by atoms with van der Waals surface area (Å²) in [5.41, 5.74) is 3.52. The summed E-state index contributed by atoms with van der Waals surface area (Å²) in [6.45, 7) is 13.4. The minimum atomic E-state index is 1.10. The standard InChI is InChI=1S/C24H34N3S/c1-5-13-26(14-6-2)19-9-11-21-23(17-19)28-24-18-20(10-12-22(24)25-21)27(15-7-3)16-8-4/h9-12,17-18H,5-8,13-16H2,1-4H3/q+1. The Morgan fingerprint density at radius 1 is 0.857 bits per heavy atom. The van der Waals surface area contributed by atoms with Crippen molar-refractivity contribution in [1.82, 2.24) is 9.56 Å². The third kappa shape index (κ3) is 4.72. The van der Waals surface area contributed by atoms with Gasteiger partial charge in [0.15, 0.2) is 0 Å². The Morgan fingerprint density at radius 2 is 1.57 bits per heavy atom. The molecule has 0 saturated heterocycles. The smallest absolute Gasteiger partial charge is 0.201 e. The van der Waals surface area contributed by atoms with Gasteiger partial charge in [-0.05, 0) is 37.1 Å². The van der Waals surface area contributed by atoms with Gasteiger partial charge in [0, 0.05) is 43.8 Å². The summed E-state index contributed by atoms with van der Waals surface area (Å²) in [7, 11) is 0. The Balaban J connectivity index is 2.10. The van der Waals surface area contributed by atoms with Gasteiger partial charge in [-0.1, -0.05) is 27.7 Å². The van der Waals surface area contributed by atoms with E-state index < -0.39 is 0 Å². The van der Waals surface area contributed by atoms with Crippen LogP contribution >= 0.6 is 11.3 Å². The molecule has 3 nitrogen and oxygen atoms in total. The van der Waals surface area contributed by atoms with E-state index >= 15 is 0 Å². The molecule has 1 aliphatic heterocycles. The molecule has 2 aliphatic rings. The first kappa shape index (κ1) is 20.8. The second-order valence-corrected chi connectivity index (χ2v) is 8.58. The lowest BCUT2D eigenvalue weighted by atomic mass is 10.2. The number of fused-ring (bicyclic) bond motifs is 2. The van der Waals surface area contributed by atoms with Crippen molar-refractivity contribution in [1.29, 1.82) is 0 Å². The molecule has 0 amide bonds. The highest BCUT2D eigenvalue weighted by Crippen LogP contribution is 2.32. The van der Waals surface area contributed by atoms with Crippen LogP contribution < -0.4 is 14.8 Å². The topological polar surface area (TPSA) is 19.1 Å². The molecule has 4 heteroatoms. The van der Waals surface area contributed by atoms with Crippen molar-refractivity contribution >= 4 is 27.2 Å². The number of benzene rings is 2. The SMILES string of the molecule is CCCN(CCC)c1ccc2nc3ccc(=[N+](CCC)CCC)cc-3sc2c1. The zero-order valence-electron chi connectivity index (χ0n) is 17.9. The minimum Gasteiger partial charge on any atom is -0.372 e. The first-order valence-corrected chi connectivity index (χ1v) is 11.7. The molecular weight excluding hydrogens is 362 g/mol. The number of aromatic nitrogens is 1. The summed E-state index contributed by atoms with van der Waals surface area (Å²) < 4.78 is 3.77. The van der Waals surface area contributed by atoms with Gasteiger partial charge in [0.05, 0.1) is 20.8 Å². The van der Waals surface area contributed by atoms with Gasteiger partial charge < -0.3 is 4.90 Å². The van der Waals surface area contributed by atoms with Gasteiger partial charge in [0.25, 0.3) is 0 Å². The number of nitrogens with zero attached hydrogens (tertiary/aromatic N) is 3. The maximum absolute atomic E-state index is 4.94. The van der Waals surface area contributed by atoms with Crippen molar-refractivity contribution in [3.8, 4) is 10.6 Å². The van der Waals surface area contributed by atoms with E-state index in [-0.39, 0.29) is 0 Å². The summed E-state index contributed by atoms with van der Waals surface area (Å²) in [6, 6.07) is 13.5. The van der Waals surface area contributed by atoms with Crippen LogP contribution in [0.5, 0.6) is 0 Å². The van der Waals surface area contributed by atoms with E-state index in [1.165, 1.54) is 46.3 Å². The lowest BCUT2D eigenvalue weighted by Crippen LogP contribution is -2.31. The van der Waals surface area contributed by atoms with Gasteiger partial charge >= 0.3 is 0 Å². The molecule has 150 valence electrons. The largest absolute Gasteiger partial charge is 0.372 e. The van der Waals surface area contributed by atoms with E-state index in [2.05, 4.69) is 73.6 Å². The Labute approximate surface area is 173 Å². The van der Waals surface area contributed by atoms with E-state index in [0.717, 1.165) is 37.4 Å². The maximum Gasteiger partial charge on any atom is 0.201 e. The number of rotatable bonds is 9. The molecule has 0 aromatic heterocycles. The molecule has 3 rings (SSSR count). The fourth-order valence-electron chi connectivity index (χ4n) is 3.82. The Morgan fingerprint density at radius 3 is 2.21 bits per heavy atom. The van der Waals surface area contributed by atoms with Gasteiger partial charge in [-0.15, -0.1) is 11.3 Å². The first-order chi connectivity index (χ1) is 13.7. The molecule has 0 spiro atoms. The van der Waals surface area contributed by atoms with Gasteiger partial charge in [-0.2, -0.15) is 0 Å². The van der Waals surface area contributed by atoms with Crippen LogP contribution in [0.15, 0.2) is 36.4 Å². The highest BCUT2D eigenvalue weighted by molar-refractivity contribution is 7.21. The van der Waals surface area contributed by atoms with Crippen LogP contribution in [-0.4, -0.2) is 31.2 Å². The Kier molecular flexibility index (Phi) is 7.43. The van der Waals surface area contributed by atoms with E-state index in [9.17, 15) is 0 Å². The van der Waals surface area contributed by atoms with Crippen molar-refractivity contribution in [3.05, 3.63) is 41.8 Å². The van der Waals surface area contributed by atoms with Crippen molar-refractivity contribution in [2.45, 2.75) is 53.4 Å². The molecule has 0 saturated carbocycles. The lowest BCUT2D eigenvalue weighted by molar-refractivity contribution is 0.557. The molecule has 1 aromatic carbocycles. The number of hydrogen-bond acceptors (Lipinski definition) is 3. The zero-order valence-corrected chi connectivity index (χ0v) is 18.7. The first-order valence-electron chi connectivity index (χ1n) is 10.9. The summed E-state index contributed by atoms with van der Waals surface area (Å²) in [6.07, 6.45) is 4.69. The van der Waals surface area contributed by atoms with Gasteiger partial charge in [-0.25, -0.2) is 9.56 Å². The van der Waals surface area contributed by atoms with Crippen LogP contribution in [0.25, 0.3) is 20.8 Å². The fourth-order valence-corrected chi connectivity index (χ4v) is 4.85. The highest BCUT2D eigenvalue weighted by Gasteiger charge is 2.12. The fraction of sp³-hybridized carbons (Fsp3) is 0.500. The molecule has 0 fully saturated rings. The quantitative estimate of drug-likeness (QED) is 0.345. The van der Waals surface area contributed by atoms with Crippen molar-refractivity contribution in [2.75, 3.05) is 31.1 Å². The molecule has 0 radical (unpaired) electrons. The lowest BCUT2D eigenvalue weighted by Gasteiger charge is -2.24. The average Bonchev–Trinajstić information content (AvgIpc) is 2.71. The monoisotopic (exact) mass is 396 g/mol.